The van der Waals surface area contributed by atoms with Gasteiger partial charge in [0.25, 0.3) is 0 Å². The first kappa shape index (κ1) is 9.26. The van der Waals surface area contributed by atoms with Gasteiger partial charge >= 0.3 is 0 Å². The maximum Gasteiger partial charge on any atom is 0.0436 e. The fourth-order valence-corrected chi connectivity index (χ4v) is 3.28. The van der Waals surface area contributed by atoms with Crippen molar-refractivity contribution < 1.29 is 5.11 Å². The van der Waals surface area contributed by atoms with Crippen molar-refractivity contribution in [1.82, 2.24) is 0 Å². The van der Waals surface area contributed by atoms with Gasteiger partial charge in [0.1, 0.15) is 0 Å². The molecule has 3 aliphatic carbocycles. The average Bonchev–Trinajstić information content (AvgIpc) is 2.08. The van der Waals surface area contributed by atoms with Gasteiger partial charge in [-0.05, 0) is 42.4 Å². The highest BCUT2D eigenvalue weighted by Gasteiger charge is 2.54. The maximum absolute atomic E-state index is 8.93. The third-order valence-corrected chi connectivity index (χ3v) is 4.49. The summed E-state index contributed by atoms with van der Waals surface area (Å²) < 4.78 is 0. The zero-order chi connectivity index (χ0) is 9.64. The minimum absolute atomic E-state index is 0.323. The Morgan fingerprint density at radius 2 is 2.15 bits per heavy atom. The molecule has 0 heterocycles. The van der Waals surface area contributed by atoms with E-state index in [1.165, 1.54) is 18.4 Å². The van der Waals surface area contributed by atoms with Gasteiger partial charge in [-0.25, -0.2) is 0 Å². The highest BCUT2D eigenvalue weighted by Crippen LogP contribution is 2.62. The second-order valence-electron chi connectivity index (χ2n) is 5.33. The molecule has 0 aromatic heterocycles. The van der Waals surface area contributed by atoms with E-state index in [1.807, 2.05) is 0 Å². The topological polar surface area (TPSA) is 20.2 Å². The summed E-state index contributed by atoms with van der Waals surface area (Å²) in [6, 6.07) is 0. The van der Waals surface area contributed by atoms with Gasteiger partial charge in [-0.2, -0.15) is 0 Å². The summed E-state index contributed by atoms with van der Waals surface area (Å²) >= 11 is 0. The summed E-state index contributed by atoms with van der Waals surface area (Å²) in [5.74, 6) is 2.24. The highest BCUT2D eigenvalue weighted by atomic mass is 16.3. The predicted molar refractivity (Wildman–Crippen MR) is 54.3 cm³/mol. The van der Waals surface area contributed by atoms with E-state index in [1.54, 1.807) is 0 Å². The Balaban J connectivity index is 2.08. The average molecular weight is 180 g/mol. The van der Waals surface area contributed by atoms with Gasteiger partial charge in [-0.1, -0.05) is 26.0 Å². The lowest BCUT2D eigenvalue weighted by Gasteiger charge is -2.60. The summed E-state index contributed by atoms with van der Waals surface area (Å²) in [6.45, 7) is 9.28. The summed E-state index contributed by atoms with van der Waals surface area (Å²) in [6.07, 6.45) is 3.55. The highest BCUT2D eigenvalue weighted by molar-refractivity contribution is 5.22. The van der Waals surface area contributed by atoms with Crippen LogP contribution in [0.3, 0.4) is 0 Å². The van der Waals surface area contributed by atoms with Gasteiger partial charge in [-0.3, -0.25) is 0 Å². The first-order chi connectivity index (χ1) is 6.07. The molecule has 0 aromatic rings. The Bertz CT molecular complexity index is 229. The molecule has 2 bridgehead atoms. The smallest absolute Gasteiger partial charge is 0.0436 e. The normalized spacial score (nSPS) is 41.5. The number of aliphatic hydroxyl groups is 1. The number of allylic oxidation sites excluding steroid dienone is 1. The Morgan fingerprint density at radius 1 is 1.46 bits per heavy atom. The van der Waals surface area contributed by atoms with Crippen molar-refractivity contribution in [2.45, 2.75) is 33.1 Å². The molecule has 0 aromatic carbocycles. The van der Waals surface area contributed by atoms with Crippen molar-refractivity contribution in [2.75, 3.05) is 6.61 Å². The first-order valence-electron chi connectivity index (χ1n) is 5.37. The molecule has 1 N–H and O–H groups in total. The molecule has 0 amide bonds. The van der Waals surface area contributed by atoms with Gasteiger partial charge in [-0.15, -0.1) is 0 Å². The van der Waals surface area contributed by atoms with E-state index in [0.717, 1.165) is 18.3 Å². The van der Waals surface area contributed by atoms with Crippen LogP contribution in [0, 0.1) is 23.2 Å². The number of rotatable bonds is 2. The third kappa shape index (κ3) is 1.17. The van der Waals surface area contributed by atoms with Crippen LogP contribution < -0.4 is 0 Å². The van der Waals surface area contributed by atoms with Gasteiger partial charge in [0, 0.05) is 6.61 Å². The zero-order valence-corrected chi connectivity index (χ0v) is 8.71. The molecule has 1 nitrogen and oxygen atoms in total. The monoisotopic (exact) mass is 180 g/mol. The first-order valence-corrected chi connectivity index (χ1v) is 5.37. The molecule has 0 aliphatic heterocycles. The van der Waals surface area contributed by atoms with E-state index in [0.29, 0.717) is 17.9 Å². The third-order valence-electron chi connectivity index (χ3n) is 4.49. The number of hydrogen-bond donors (Lipinski definition) is 1. The van der Waals surface area contributed by atoms with Crippen LogP contribution in [0.15, 0.2) is 12.2 Å². The molecule has 3 saturated carbocycles. The van der Waals surface area contributed by atoms with Crippen LogP contribution in [0.4, 0.5) is 0 Å². The van der Waals surface area contributed by atoms with Crippen molar-refractivity contribution in [1.29, 1.82) is 0 Å². The van der Waals surface area contributed by atoms with E-state index in [2.05, 4.69) is 20.4 Å². The molecule has 1 heteroatoms. The molecule has 13 heavy (non-hydrogen) atoms. The second-order valence-corrected chi connectivity index (χ2v) is 5.33. The Kier molecular flexibility index (Phi) is 2.03. The van der Waals surface area contributed by atoms with Crippen molar-refractivity contribution in [3.05, 3.63) is 12.2 Å². The summed E-state index contributed by atoms with van der Waals surface area (Å²) in [7, 11) is 0. The van der Waals surface area contributed by atoms with Crippen LogP contribution >= 0.6 is 0 Å². The number of aliphatic hydroxyl groups excluding tert-OH is 1. The minimum atomic E-state index is 0.323. The standard InChI is InChI=1S/C12H20O/c1-8-9(4-5-13)6-10-7-11(8)12(10,2)3/h9-11,13H,1,4-7H2,2-3H3/t9-,10?,11-/m0/s1. The Labute approximate surface area is 80.8 Å². The molecule has 3 fully saturated rings. The van der Waals surface area contributed by atoms with Crippen molar-refractivity contribution in [3.63, 3.8) is 0 Å². The molecular formula is C12H20O. The Morgan fingerprint density at radius 3 is 2.62 bits per heavy atom. The number of hydrogen-bond acceptors (Lipinski definition) is 1. The van der Waals surface area contributed by atoms with Crippen molar-refractivity contribution in [2.24, 2.45) is 23.2 Å². The lowest BCUT2D eigenvalue weighted by molar-refractivity contribution is -0.0498. The maximum atomic E-state index is 8.93. The molecule has 3 atom stereocenters. The van der Waals surface area contributed by atoms with Crippen LogP contribution in [0.25, 0.3) is 0 Å². The fraction of sp³-hybridized carbons (Fsp3) is 0.833. The van der Waals surface area contributed by atoms with Crippen LogP contribution in [-0.2, 0) is 0 Å². The van der Waals surface area contributed by atoms with Gasteiger partial charge in [0.2, 0.25) is 0 Å². The minimum Gasteiger partial charge on any atom is -0.396 e. The molecule has 0 radical (unpaired) electrons. The zero-order valence-electron chi connectivity index (χ0n) is 8.71. The number of fused-ring (bicyclic) bond motifs is 2. The van der Waals surface area contributed by atoms with Crippen molar-refractivity contribution >= 4 is 0 Å². The van der Waals surface area contributed by atoms with E-state index in [-0.39, 0.29) is 0 Å². The van der Waals surface area contributed by atoms with E-state index in [9.17, 15) is 0 Å². The van der Waals surface area contributed by atoms with E-state index < -0.39 is 0 Å². The summed E-state index contributed by atoms with van der Waals surface area (Å²) in [4.78, 5) is 0. The Hall–Kier alpha value is -0.300. The summed E-state index contributed by atoms with van der Waals surface area (Å²) in [5.41, 5.74) is 1.92. The molecule has 3 aliphatic rings. The van der Waals surface area contributed by atoms with Crippen LogP contribution in [0.1, 0.15) is 33.1 Å². The van der Waals surface area contributed by atoms with Gasteiger partial charge < -0.3 is 5.11 Å². The van der Waals surface area contributed by atoms with Gasteiger partial charge in [0.15, 0.2) is 0 Å². The van der Waals surface area contributed by atoms with E-state index in [4.69, 9.17) is 5.11 Å². The molecule has 3 rings (SSSR count). The SMILES string of the molecule is C=C1[C@@H](CCO)CC2C[C@@H]1C2(C)C. The van der Waals surface area contributed by atoms with Crippen LogP contribution in [0.5, 0.6) is 0 Å². The van der Waals surface area contributed by atoms with Crippen LogP contribution in [0.2, 0.25) is 0 Å². The fourth-order valence-electron chi connectivity index (χ4n) is 3.28. The van der Waals surface area contributed by atoms with Crippen molar-refractivity contribution in [3.8, 4) is 0 Å². The lowest BCUT2D eigenvalue weighted by atomic mass is 9.45. The molecule has 0 spiro atoms. The quantitative estimate of drug-likeness (QED) is 0.648. The largest absolute Gasteiger partial charge is 0.396 e. The molecule has 0 saturated heterocycles. The second kappa shape index (κ2) is 2.84. The molecular weight excluding hydrogens is 160 g/mol. The molecule has 74 valence electrons. The predicted octanol–water partition coefficient (Wildman–Crippen LogP) is 2.61. The van der Waals surface area contributed by atoms with E-state index >= 15 is 0 Å². The molecule has 1 unspecified atom stereocenters. The van der Waals surface area contributed by atoms with Crippen LogP contribution in [-0.4, -0.2) is 11.7 Å². The lowest BCUT2D eigenvalue weighted by Crippen LogP contribution is -2.51. The summed E-state index contributed by atoms with van der Waals surface area (Å²) in [5, 5.41) is 8.93. The van der Waals surface area contributed by atoms with Gasteiger partial charge in [0.05, 0.1) is 0 Å².